The summed E-state index contributed by atoms with van der Waals surface area (Å²) in [5, 5.41) is 3.54. The predicted molar refractivity (Wildman–Crippen MR) is 77.6 cm³/mol. The molecule has 1 saturated heterocycles. The monoisotopic (exact) mass is 261 g/mol. The minimum atomic E-state index is 0.607. The van der Waals surface area contributed by atoms with E-state index in [9.17, 15) is 0 Å². The highest BCUT2D eigenvalue weighted by Gasteiger charge is 2.18. The van der Waals surface area contributed by atoms with Crippen molar-refractivity contribution in [3.05, 3.63) is 12.3 Å². The third-order valence-electron chi connectivity index (χ3n) is 4.14. The lowest BCUT2D eigenvalue weighted by Gasteiger charge is -2.32. The molecule has 1 aliphatic carbocycles. The Morgan fingerprint density at radius 2 is 1.89 bits per heavy atom. The highest BCUT2D eigenvalue weighted by molar-refractivity contribution is 5.42. The molecule has 0 amide bonds. The fourth-order valence-electron chi connectivity index (χ4n) is 2.87. The van der Waals surface area contributed by atoms with Gasteiger partial charge < -0.3 is 15.1 Å². The Morgan fingerprint density at radius 1 is 1.16 bits per heavy atom. The van der Waals surface area contributed by atoms with Crippen LogP contribution >= 0.6 is 0 Å². The molecule has 0 aromatic carbocycles. The molecule has 19 heavy (non-hydrogen) atoms. The van der Waals surface area contributed by atoms with E-state index in [1.807, 2.05) is 12.3 Å². The predicted octanol–water partition coefficient (Wildman–Crippen LogP) is 1.58. The Balaban J connectivity index is 1.65. The number of piperazine rings is 1. The summed E-state index contributed by atoms with van der Waals surface area (Å²) < 4.78 is 0. The second-order valence-corrected chi connectivity index (χ2v) is 5.66. The van der Waals surface area contributed by atoms with Gasteiger partial charge in [-0.25, -0.2) is 4.98 Å². The molecule has 1 saturated carbocycles. The highest BCUT2D eigenvalue weighted by Crippen LogP contribution is 2.22. The first-order chi connectivity index (χ1) is 9.31. The van der Waals surface area contributed by atoms with Crippen LogP contribution in [0.2, 0.25) is 0 Å². The quantitative estimate of drug-likeness (QED) is 0.895. The van der Waals surface area contributed by atoms with Gasteiger partial charge in [-0.1, -0.05) is 12.8 Å². The summed E-state index contributed by atoms with van der Waals surface area (Å²) in [5.74, 6) is 1.85. The van der Waals surface area contributed by atoms with Crippen LogP contribution in [0, 0.1) is 0 Å². The lowest BCUT2D eigenvalue weighted by Crippen LogP contribution is -2.45. The van der Waals surface area contributed by atoms with Crippen LogP contribution in [0.4, 0.5) is 11.8 Å². The van der Waals surface area contributed by atoms with Gasteiger partial charge in [-0.15, -0.1) is 0 Å². The van der Waals surface area contributed by atoms with Crippen LogP contribution in [0.1, 0.15) is 25.7 Å². The summed E-state index contributed by atoms with van der Waals surface area (Å²) >= 11 is 0. The lowest BCUT2D eigenvalue weighted by atomic mass is 10.2. The normalized spacial score (nSPS) is 21.8. The summed E-state index contributed by atoms with van der Waals surface area (Å²) in [4.78, 5) is 13.7. The molecule has 0 radical (unpaired) electrons. The summed E-state index contributed by atoms with van der Waals surface area (Å²) in [5.41, 5.74) is 0. The van der Waals surface area contributed by atoms with Crippen molar-refractivity contribution in [2.75, 3.05) is 43.4 Å². The fraction of sp³-hybridized carbons (Fsp3) is 0.714. The topological polar surface area (TPSA) is 44.3 Å². The number of nitrogens with one attached hydrogen (secondary N) is 1. The molecule has 2 aliphatic rings. The molecular formula is C14H23N5. The van der Waals surface area contributed by atoms with Crippen LogP contribution in [0.25, 0.3) is 0 Å². The van der Waals surface area contributed by atoms with Crippen LogP contribution < -0.4 is 10.2 Å². The third-order valence-corrected chi connectivity index (χ3v) is 4.14. The molecular weight excluding hydrogens is 238 g/mol. The zero-order valence-electron chi connectivity index (χ0n) is 11.7. The van der Waals surface area contributed by atoms with Gasteiger partial charge in [-0.05, 0) is 26.0 Å². The van der Waals surface area contributed by atoms with Crippen LogP contribution in [-0.2, 0) is 0 Å². The molecule has 2 heterocycles. The first-order valence-electron chi connectivity index (χ1n) is 7.34. The number of hydrogen-bond donors (Lipinski definition) is 1. The third kappa shape index (κ3) is 3.15. The van der Waals surface area contributed by atoms with Crippen LogP contribution in [0.5, 0.6) is 0 Å². The first-order valence-corrected chi connectivity index (χ1v) is 7.34. The molecule has 5 nitrogen and oxygen atoms in total. The Bertz CT molecular complexity index is 408. The number of likely N-dealkylation sites (N-methyl/N-ethyl adjacent to an activating group) is 1. The molecule has 1 N–H and O–H groups in total. The number of rotatable bonds is 3. The molecule has 0 spiro atoms. The number of aromatic nitrogens is 2. The molecule has 1 aromatic heterocycles. The van der Waals surface area contributed by atoms with Gasteiger partial charge >= 0.3 is 0 Å². The van der Waals surface area contributed by atoms with Crippen molar-refractivity contribution in [3.8, 4) is 0 Å². The molecule has 1 aliphatic heterocycles. The zero-order valence-corrected chi connectivity index (χ0v) is 11.7. The number of nitrogens with zero attached hydrogens (tertiary/aromatic N) is 4. The van der Waals surface area contributed by atoms with Crippen LogP contribution in [-0.4, -0.2) is 54.1 Å². The fourth-order valence-corrected chi connectivity index (χ4v) is 2.87. The Kier molecular flexibility index (Phi) is 3.82. The zero-order chi connectivity index (χ0) is 13.1. The standard InChI is InChI=1S/C14H23N5/c1-18-8-10-19(11-9-18)14-15-7-6-13(17-14)16-12-4-2-3-5-12/h6-7,12H,2-5,8-11H2,1H3,(H,15,16,17). The summed E-state index contributed by atoms with van der Waals surface area (Å²) in [6, 6.07) is 2.59. The average molecular weight is 261 g/mol. The summed E-state index contributed by atoms with van der Waals surface area (Å²) in [6.45, 7) is 4.21. The smallest absolute Gasteiger partial charge is 0.227 e. The summed E-state index contributed by atoms with van der Waals surface area (Å²) in [6.07, 6.45) is 7.10. The van der Waals surface area contributed by atoms with Crippen molar-refractivity contribution in [1.82, 2.24) is 14.9 Å². The van der Waals surface area contributed by atoms with E-state index in [2.05, 4.69) is 32.1 Å². The van der Waals surface area contributed by atoms with E-state index in [4.69, 9.17) is 0 Å². The van der Waals surface area contributed by atoms with E-state index < -0.39 is 0 Å². The summed E-state index contributed by atoms with van der Waals surface area (Å²) in [7, 11) is 2.16. The van der Waals surface area contributed by atoms with E-state index in [0.717, 1.165) is 37.9 Å². The second-order valence-electron chi connectivity index (χ2n) is 5.66. The van der Waals surface area contributed by atoms with Gasteiger partial charge in [-0.3, -0.25) is 0 Å². The van der Waals surface area contributed by atoms with Crippen molar-refractivity contribution >= 4 is 11.8 Å². The van der Waals surface area contributed by atoms with Crippen molar-refractivity contribution in [2.45, 2.75) is 31.7 Å². The van der Waals surface area contributed by atoms with E-state index >= 15 is 0 Å². The van der Waals surface area contributed by atoms with Crippen LogP contribution in [0.3, 0.4) is 0 Å². The highest BCUT2D eigenvalue weighted by atomic mass is 15.3. The molecule has 0 unspecified atom stereocenters. The average Bonchev–Trinajstić information content (AvgIpc) is 2.93. The van der Waals surface area contributed by atoms with Gasteiger partial charge in [0.2, 0.25) is 5.95 Å². The van der Waals surface area contributed by atoms with Crippen molar-refractivity contribution in [3.63, 3.8) is 0 Å². The molecule has 5 heteroatoms. The Labute approximate surface area is 115 Å². The first kappa shape index (κ1) is 12.7. The van der Waals surface area contributed by atoms with Gasteiger partial charge in [0.15, 0.2) is 0 Å². The van der Waals surface area contributed by atoms with E-state index in [1.165, 1.54) is 25.7 Å². The Hall–Kier alpha value is -1.36. The largest absolute Gasteiger partial charge is 0.367 e. The van der Waals surface area contributed by atoms with Gasteiger partial charge in [-0.2, -0.15) is 4.98 Å². The van der Waals surface area contributed by atoms with E-state index in [-0.39, 0.29) is 0 Å². The second kappa shape index (κ2) is 5.74. The molecule has 104 valence electrons. The minimum Gasteiger partial charge on any atom is -0.367 e. The number of anilines is 2. The minimum absolute atomic E-state index is 0.607. The SMILES string of the molecule is CN1CCN(c2nccc(NC3CCCC3)n2)CC1. The molecule has 2 fully saturated rings. The molecule has 0 atom stereocenters. The molecule has 3 rings (SSSR count). The van der Waals surface area contributed by atoms with Gasteiger partial charge in [0, 0.05) is 38.4 Å². The van der Waals surface area contributed by atoms with Crippen molar-refractivity contribution < 1.29 is 0 Å². The van der Waals surface area contributed by atoms with Gasteiger partial charge in [0.05, 0.1) is 0 Å². The maximum absolute atomic E-state index is 4.67. The van der Waals surface area contributed by atoms with E-state index in [1.54, 1.807) is 0 Å². The van der Waals surface area contributed by atoms with Gasteiger partial charge in [0.1, 0.15) is 5.82 Å². The van der Waals surface area contributed by atoms with Gasteiger partial charge in [0.25, 0.3) is 0 Å². The van der Waals surface area contributed by atoms with Crippen molar-refractivity contribution in [2.24, 2.45) is 0 Å². The lowest BCUT2D eigenvalue weighted by molar-refractivity contribution is 0.311. The maximum Gasteiger partial charge on any atom is 0.227 e. The molecule has 0 bridgehead atoms. The van der Waals surface area contributed by atoms with Crippen LogP contribution in [0.15, 0.2) is 12.3 Å². The molecule has 1 aromatic rings. The maximum atomic E-state index is 4.67. The Morgan fingerprint density at radius 3 is 2.63 bits per heavy atom. The van der Waals surface area contributed by atoms with E-state index in [0.29, 0.717) is 6.04 Å². The number of hydrogen-bond acceptors (Lipinski definition) is 5. The van der Waals surface area contributed by atoms with Crippen molar-refractivity contribution in [1.29, 1.82) is 0 Å².